The van der Waals surface area contributed by atoms with Crippen molar-refractivity contribution in [3.8, 4) is 0 Å². The van der Waals surface area contributed by atoms with Crippen LogP contribution in [0.2, 0.25) is 0 Å². The summed E-state index contributed by atoms with van der Waals surface area (Å²) in [6, 6.07) is 0. The predicted molar refractivity (Wildman–Crippen MR) is 111 cm³/mol. The van der Waals surface area contributed by atoms with Crippen LogP contribution in [0.5, 0.6) is 0 Å². The average Bonchev–Trinajstić information content (AvgIpc) is 2.98. The minimum absolute atomic E-state index is 0.0392. The molecule has 27 heavy (non-hydrogen) atoms. The Bertz CT molecular complexity index is 544. The molecule has 4 aliphatic rings. The lowest BCUT2D eigenvalue weighted by Crippen LogP contribution is -2.54. The third-order valence-corrected chi connectivity index (χ3v) is 10.6. The predicted octanol–water partition coefficient (Wildman–Crippen LogP) is 5.66. The quantitative estimate of drug-likeness (QED) is 0.667. The van der Waals surface area contributed by atoms with Crippen LogP contribution in [0.3, 0.4) is 0 Å². The molecule has 2 nitrogen and oxygen atoms in total. The van der Waals surface area contributed by atoms with Crippen LogP contribution in [0.1, 0.15) is 92.4 Å². The van der Waals surface area contributed by atoms with Crippen molar-refractivity contribution in [3.63, 3.8) is 0 Å². The van der Waals surface area contributed by atoms with Crippen molar-refractivity contribution >= 4 is 0 Å². The lowest BCUT2D eigenvalue weighted by atomic mass is 9.44. The minimum Gasteiger partial charge on any atom is -0.393 e. The number of fused-ring (bicyclic) bond motifs is 5. The molecule has 0 aliphatic heterocycles. The molecule has 4 saturated carbocycles. The standard InChI is InChI=1S/C25H44O2/c1-15(2)23(27)16(3)20-8-9-21-19-7-6-17-14-18(26)10-12-24(17,4)22(19)11-13-25(20,21)5/h15-23,26-27H,6-14H2,1-5H3/t16-,17?,18?,19?,20?,21?,22?,23?,24?,25?/m0/s1. The van der Waals surface area contributed by atoms with Crippen molar-refractivity contribution in [3.05, 3.63) is 0 Å². The highest BCUT2D eigenvalue weighted by Crippen LogP contribution is 2.68. The molecule has 0 spiro atoms. The average molecular weight is 377 g/mol. The second-order valence-corrected chi connectivity index (χ2v) is 11.9. The number of aliphatic hydroxyl groups is 2. The van der Waals surface area contributed by atoms with Crippen molar-refractivity contribution < 1.29 is 10.2 Å². The third-order valence-electron chi connectivity index (χ3n) is 10.6. The molecule has 0 heterocycles. The third kappa shape index (κ3) is 3.03. The first-order valence-corrected chi connectivity index (χ1v) is 12.0. The second-order valence-electron chi connectivity index (χ2n) is 11.9. The van der Waals surface area contributed by atoms with Crippen molar-refractivity contribution in [2.24, 2.45) is 52.3 Å². The van der Waals surface area contributed by atoms with Crippen molar-refractivity contribution in [1.82, 2.24) is 0 Å². The Balaban J connectivity index is 1.55. The maximum atomic E-state index is 10.8. The van der Waals surface area contributed by atoms with Gasteiger partial charge in [0.1, 0.15) is 0 Å². The molecule has 156 valence electrons. The summed E-state index contributed by atoms with van der Waals surface area (Å²) in [6.07, 6.45) is 11.3. The molecule has 10 atom stereocenters. The van der Waals surface area contributed by atoms with E-state index in [1.807, 2.05) is 0 Å². The summed E-state index contributed by atoms with van der Waals surface area (Å²) in [5.41, 5.74) is 0.915. The van der Waals surface area contributed by atoms with E-state index in [1.54, 1.807) is 0 Å². The van der Waals surface area contributed by atoms with Gasteiger partial charge in [-0.25, -0.2) is 0 Å². The second kappa shape index (κ2) is 7.01. The zero-order valence-electron chi connectivity index (χ0n) is 18.5. The summed E-state index contributed by atoms with van der Waals surface area (Å²) in [6.45, 7) is 11.9. The van der Waals surface area contributed by atoms with E-state index in [4.69, 9.17) is 0 Å². The fraction of sp³-hybridized carbons (Fsp3) is 1.00. The van der Waals surface area contributed by atoms with E-state index in [2.05, 4.69) is 34.6 Å². The molecule has 9 unspecified atom stereocenters. The fourth-order valence-corrected chi connectivity index (χ4v) is 8.98. The van der Waals surface area contributed by atoms with E-state index in [-0.39, 0.29) is 12.2 Å². The smallest absolute Gasteiger partial charge is 0.0591 e. The monoisotopic (exact) mass is 376 g/mol. The Kier molecular flexibility index (Phi) is 5.25. The van der Waals surface area contributed by atoms with Crippen LogP contribution in [0, 0.1) is 52.3 Å². The van der Waals surface area contributed by atoms with Gasteiger partial charge in [0.05, 0.1) is 12.2 Å². The van der Waals surface area contributed by atoms with Crippen molar-refractivity contribution in [1.29, 1.82) is 0 Å². The molecule has 0 aromatic heterocycles. The van der Waals surface area contributed by atoms with E-state index in [0.717, 1.165) is 36.5 Å². The van der Waals surface area contributed by atoms with Gasteiger partial charge in [-0.3, -0.25) is 0 Å². The van der Waals surface area contributed by atoms with Crippen molar-refractivity contribution in [2.75, 3.05) is 0 Å². The molecule has 4 fully saturated rings. The maximum Gasteiger partial charge on any atom is 0.0591 e. The van der Waals surface area contributed by atoms with E-state index in [1.165, 1.54) is 44.9 Å². The van der Waals surface area contributed by atoms with Crippen LogP contribution < -0.4 is 0 Å². The first kappa shape index (κ1) is 20.2. The molecule has 2 N–H and O–H groups in total. The Morgan fingerprint density at radius 3 is 2.19 bits per heavy atom. The zero-order chi connectivity index (χ0) is 19.6. The van der Waals surface area contributed by atoms with Gasteiger partial charge < -0.3 is 10.2 Å². The highest BCUT2D eigenvalue weighted by atomic mass is 16.3. The normalized spacial score (nSPS) is 52.0. The fourth-order valence-electron chi connectivity index (χ4n) is 8.98. The largest absolute Gasteiger partial charge is 0.393 e. The van der Waals surface area contributed by atoms with E-state index in [9.17, 15) is 10.2 Å². The summed E-state index contributed by atoms with van der Waals surface area (Å²) in [4.78, 5) is 0. The lowest BCUT2D eigenvalue weighted by Gasteiger charge is -2.61. The molecule has 0 saturated heterocycles. The van der Waals surface area contributed by atoms with E-state index < -0.39 is 0 Å². The molecule has 4 aliphatic carbocycles. The van der Waals surface area contributed by atoms with Gasteiger partial charge >= 0.3 is 0 Å². The van der Waals surface area contributed by atoms with Gasteiger partial charge in [0.25, 0.3) is 0 Å². The number of hydrogen-bond donors (Lipinski definition) is 2. The minimum atomic E-state index is -0.156. The molecule has 0 bridgehead atoms. The molecule has 0 aromatic rings. The van der Waals surface area contributed by atoms with Crippen LogP contribution in [0.15, 0.2) is 0 Å². The van der Waals surface area contributed by atoms with Crippen LogP contribution >= 0.6 is 0 Å². The molecule has 4 rings (SSSR count). The molecule has 0 amide bonds. The van der Waals surface area contributed by atoms with Gasteiger partial charge in [-0.15, -0.1) is 0 Å². The van der Waals surface area contributed by atoms with Gasteiger partial charge in [-0.2, -0.15) is 0 Å². The SMILES string of the molecule is CC(C)C(O)[C@@H](C)C1CCC2C3CCC4CC(O)CCC4(C)C3CCC21C. The highest BCUT2D eigenvalue weighted by molar-refractivity contribution is 5.10. The Labute approximate surface area is 167 Å². The molecule has 0 radical (unpaired) electrons. The van der Waals surface area contributed by atoms with Crippen LogP contribution in [0.4, 0.5) is 0 Å². The summed E-state index contributed by atoms with van der Waals surface area (Å²) in [5.74, 6) is 4.88. The topological polar surface area (TPSA) is 40.5 Å². The van der Waals surface area contributed by atoms with Gasteiger partial charge in [-0.1, -0.05) is 34.6 Å². The Morgan fingerprint density at radius 2 is 1.48 bits per heavy atom. The number of aliphatic hydroxyl groups excluding tert-OH is 2. The Hall–Kier alpha value is -0.0800. The summed E-state index contributed by atoms with van der Waals surface area (Å²) >= 11 is 0. The first-order chi connectivity index (χ1) is 12.7. The lowest BCUT2D eigenvalue weighted by molar-refractivity contribution is -0.132. The molecule has 2 heteroatoms. The number of hydrogen-bond acceptors (Lipinski definition) is 2. The van der Waals surface area contributed by atoms with Crippen LogP contribution in [-0.2, 0) is 0 Å². The van der Waals surface area contributed by atoms with Gasteiger partial charge in [-0.05, 0) is 110 Å². The molecular weight excluding hydrogens is 332 g/mol. The van der Waals surface area contributed by atoms with Gasteiger partial charge in [0, 0.05) is 0 Å². The van der Waals surface area contributed by atoms with Crippen LogP contribution in [0.25, 0.3) is 0 Å². The van der Waals surface area contributed by atoms with E-state index >= 15 is 0 Å². The zero-order valence-corrected chi connectivity index (χ0v) is 18.5. The van der Waals surface area contributed by atoms with Gasteiger partial charge in [0.15, 0.2) is 0 Å². The molecular formula is C25H44O2. The number of rotatable bonds is 3. The molecule has 0 aromatic carbocycles. The summed E-state index contributed by atoms with van der Waals surface area (Å²) < 4.78 is 0. The first-order valence-electron chi connectivity index (χ1n) is 12.0. The Morgan fingerprint density at radius 1 is 0.815 bits per heavy atom. The summed E-state index contributed by atoms with van der Waals surface area (Å²) in [7, 11) is 0. The van der Waals surface area contributed by atoms with Gasteiger partial charge in [0.2, 0.25) is 0 Å². The maximum absolute atomic E-state index is 10.8. The van der Waals surface area contributed by atoms with Crippen LogP contribution in [-0.4, -0.2) is 22.4 Å². The van der Waals surface area contributed by atoms with Crippen molar-refractivity contribution in [2.45, 2.75) is 105 Å². The summed E-state index contributed by atoms with van der Waals surface area (Å²) in [5, 5.41) is 21.0. The van der Waals surface area contributed by atoms with E-state index in [0.29, 0.717) is 28.6 Å². The highest BCUT2D eigenvalue weighted by Gasteiger charge is 2.60.